The van der Waals surface area contributed by atoms with Crippen molar-refractivity contribution in [3.05, 3.63) is 77.9 Å². The molecule has 3 heterocycles. The summed E-state index contributed by atoms with van der Waals surface area (Å²) >= 11 is 0. The van der Waals surface area contributed by atoms with E-state index >= 15 is 0 Å². The fraction of sp³-hybridized carbons (Fsp3) is 0.0526. The zero-order chi connectivity index (χ0) is 19.0. The summed E-state index contributed by atoms with van der Waals surface area (Å²) in [4.78, 5) is 16.5. The van der Waals surface area contributed by atoms with Gasteiger partial charge in [-0.25, -0.2) is 13.8 Å². The van der Waals surface area contributed by atoms with Crippen LogP contribution in [0.2, 0.25) is 0 Å². The highest BCUT2D eigenvalue weighted by molar-refractivity contribution is 6.03. The van der Waals surface area contributed by atoms with Crippen LogP contribution in [0.5, 0.6) is 0 Å². The molecule has 0 radical (unpaired) electrons. The molecule has 0 saturated carbocycles. The molecule has 136 valence electrons. The Morgan fingerprint density at radius 3 is 2.78 bits per heavy atom. The van der Waals surface area contributed by atoms with Crippen LogP contribution in [-0.2, 0) is 6.61 Å². The van der Waals surface area contributed by atoms with Gasteiger partial charge in [0, 0.05) is 24.0 Å². The number of carbonyl (C=O) groups excluding carboxylic acids is 1. The number of furan rings is 1. The standard InChI is InChI=1S/C19H13F2N3O3/c20-12-2-4-14(21)15(7-12)23-19(26)16-9-24-8-11(1-6-18(24)22-16)17-5-3-13(10-25)27-17/h1-9,25H,10H2,(H,23,26). The van der Waals surface area contributed by atoms with Gasteiger partial charge in [0.25, 0.3) is 5.91 Å². The minimum atomic E-state index is -0.742. The molecule has 0 aliphatic rings. The summed E-state index contributed by atoms with van der Waals surface area (Å²) in [5.41, 5.74) is 1.01. The maximum Gasteiger partial charge on any atom is 0.275 e. The Kier molecular flexibility index (Phi) is 4.17. The van der Waals surface area contributed by atoms with E-state index in [0.29, 0.717) is 17.2 Å². The van der Waals surface area contributed by atoms with Crippen LogP contribution in [0.25, 0.3) is 17.0 Å². The number of anilines is 1. The summed E-state index contributed by atoms with van der Waals surface area (Å²) < 4.78 is 34.0. The van der Waals surface area contributed by atoms with Gasteiger partial charge in [-0.3, -0.25) is 4.79 Å². The van der Waals surface area contributed by atoms with Gasteiger partial charge in [0.15, 0.2) is 0 Å². The van der Waals surface area contributed by atoms with Crippen LogP contribution < -0.4 is 5.32 Å². The smallest absolute Gasteiger partial charge is 0.275 e. The molecule has 0 aliphatic carbocycles. The first kappa shape index (κ1) is 16.9. The molecular formula is C19H13F2N3O3. The molecule has 0 spiro atoms. The highest BCUT2D eigenvalue weighted by Crippen LogP contribution is 2.23. The van der Waals surface area contributed by atoms with Gasteiger partial charge < -0.3 is 19.2 Å². The molecule has 0 unspecified atom stereocenters. The Labute approximate surface area is 151 Å². The number of nitrogens with zero attached hydrogens (tertiary/aromatic N) is 2. The molecule has 0 saturated heterocycles. The fourth-order valence-electron chi connectivity index (χ4n) is 2.64. The zero-order valence-corrected chi connectivity index (χ0v) is 13.8. The number of aliphatic hydroxyl groups excluding tert-OH is 1. The van der Waals surface area contributed by atoms with Gasteiger partial charge in [-0.05, 0) is 36.4 Å². The average Bonchev–Trinajstić information content (AvgIpc) is 3.30. The maximum absolute atomic E-state index is 13.7. The van der Waals surface area contributed by atoms with E-state index < -0.39 is 17.5 Å². The summed E-state index contributed by atoms with van der Waals surface area (Å²) in [5.74, 6) is -1.07. The van der Waals surface area contributed by atoms with Crippen LogP contribution in [0, 0.1) is 11.6 Å². The SMILES string of the molecule is O=C(Nc1cc(F)ccc1F)c1cn2cc(-c3ccc(CO)o3)ccc2n1. The lowest BCUT2D eigenvalue weighted by Gasteiger charge is -2.04. The van der Waals surface area contributed by atoms with Crippen LogP contribution in [0.4, 0.5) is 14.5 Å². The van der Waals surface area contributed by atoms with Crippen molar-refractivity contribution in [1.29, 1.82) is 0 Å². The van der Waals surface area contributed by atoms with E-state index in [1.54, 1.807) is 34.9 Å². The van der Waals surface area contributed by atoms with Crippen molar-refractivity contribution in [1.82, 2.24) is 9.38 Å². The summed E-state index contributed by atoms with van der Waals surface area (Å²) in [5, 5.41) is 11.4. The van der Waals surface area contributed by atoms with E-state index in [0.717, 1.165) is 23.8 Å². The molecule has 1 amide bonds. The molecule has 2 N–H and O–H groups in total. The van der Waals surface area contributed by atoms with Crippen LogP contribution in [0.1, 0.15) is 16.2 Å². The number of hydrogen-bond acceptors (Lipinski definition) is 4. The Hall–Kier alpha value is -3.52. The van der Waals surface area contributed by atoms with Crippen LogP contribution in [0.15, 0.2) is 59.3 Å². The maximum atomic E-state index is 13.7. The summed E-state index contributed by atoms with van der Waals surface area (Å²) in [6.07, 6.45) is 3.18. The van der Waals surface area contributed by atoms with Crippen LogP contribution in [0.3, 0.4) is 0 Å². The molecule has 4 aromatic rings. The van der Waals surface area contributed by atoms with Crippen molar-refractivity contribution >= 4 is 17.2 Å². The Morgan fingerprint density at radius 1 is 1.15 bits per heavy atom. The summed E-state index contributed by atoms with van der Waals surface area (Å²) in [6.45, 7) is -0.200. The van der Waals surface area contributed by atoms with Crippen molar-refractivity contribution in [2.75, 3.05) is 5.32 Å². The molecular weight excluding hydrogens is 356 g/mol. The number of halogens is 2. The van der Waals surface area contributed by atoms with Crippen molar-refractivity contribution in [2.24, 2.45) is 0 Å². The summed E-state index contributed by atoms with van der Waals surface area (Å²) in [7, 11) is 0. The van der Waals surface area contributed by atoms with Gasteiger partial charge in [0.2, 0.25) is 0 Å². The number of pyridine rings is 1. The molecule has 6 nitrogen and oxygen atoms in total. The number of hydrogen-bond donors (Lipinski definition) is 2. The molecule has 4 rings (SSSR count). The number of nitrogens with one attached hydrogen (secondary N) is 1. The third-order valence-corrected chi connectivity index (χ3v) is 3.96. The van der Waals surface area contributed by atoms with Crippen molar-refractivity contribution < 1.29 is 23.1 Å². The third-order valence-electron chi connectivity index (χ3n) is 3.96. The number of aliphatic hydroxyl groups is 1. The predicted octanol–water partition coefficient (Wildman–Crippen LogP) is 3.62. The lowest BCUT2D eigenvalue weighted by molar-refractivity contribution is 0.102. The fourth-order valence-corrected chi connectivity index (χ4v) is 2.64. The molecule has 0 aliphatic heterocycles. The lowest BCUT2D eigenvalue weighted by Crippen LogP contribution is -2.13. The monoisotopic (exact) mass is 369 g/mol. The molecule has 0 fully saturated rings. The number of carbonyl (C=O) groups is 1. The first-order valence-electron chi connectivity index (χ1n) is 7.98. The second-order valence-electron chi connectivity index (χ2n) is 5.81. The molecule has 27 heavy (non-hydrogen) atoms. The number of benzene rings is 1. The van der Waals surface area contributed by atoms with Gasteiger partial charge in [0.05, 0.1) is 5.69 Å². The average molecular weight is 369 g/mol. The highest BCUT2D eigenvalue weighted by Gasteiger charge is 2.14. The van der Waals surface area contributed by atoms with Crippen molar-refractivity contribution in [3.63, 3.8) is 0 Å². The molecule has 1 aromatic carbocycles. The van der Waals surface area contributed by atoms with E-state index in [9.17, 15) is 13.6 Å². The topological polar surface area (TPSA) is 79.8 Å². The highest BCUT2D eigenvalue weighted by atomic mass is 19.1. The second-order valence-corrected chi connectivity index (χ2v) is 5.81. The number of rotatable bonds is 4. The zero-order valence-electron chi connectivity index (χ0n) is 13.8. The van der Waals surface area contributed by atoms with Crippen LogP contribution in [-0.4, -0.2) is 20.4 Å². The molecule has 0 atom stereocenters. The van der Waals surface area contributed by atoms with Gasteiger partial charge in [0.1, 0.15) is 41.1 Å². The number of amides is 1. The first-order chi connectivity index (χ1) is 13.0. The van der Waals surface area contributed by atoms with Gasteiger partial charge >= 0.3 is 0 Å². The number of aromatic nitrogens is 2. The van der Waals surface area contributed by atoms with Crippen molar-refractivity contribution in [2.45, 2.75) is 6.61 Å². The Morgan fingerprint density at radius 2 is 2.00 bits per heavy atom. The van der Waals surface area contributed by atoms with Gasteiger partial charge in [-0.2, -0.15) is 0 Å². The quantitative estimate of drug-likeness (QED) is 0.576. The van der Waals surface area contributed by atoms with Gasteiger partial charge in [-0.15, -0.1) is 0 Å². The van der Waals surface area contributed by atoms with E-state index in [-0.39, 0.29) is 18.0 Å². The second kappa shape index (κ2) is 6.65. The normalized spacial score (nSPS) is 11.1. The van der Waals surface area contributed by atoms with Crippen LogP contribution >= 0.6 is 0 Å². The van der Waals surface area contributed by atoms with E-state index in [2.05, 4.69) is 10.3 Å². The summed E-state index contributed by atoms with van der Waals surface area (Å²) in [6, 6.07) is 9.64. The minimum absolute atomic E-state index is 0.0475. The van der Waals surface area contributed by atoms with Crippen molar-refractivity contribution in [3.8, 4) is 11.3 Å². The third kappa shape index (κ3) is 3.30. The lowest BCUT2D eigenvalue weighted by atomic mass is 10.2. The Balaban J connectivity index is 1.63. The number of imidazole rings is 1. The number of fused-ring (bicyclic) bond motifs is 1. The molecule has 8 heteroatoms. The van der Waals surface area contributed by atoms with Gasteiger partial charge in [-0.1, -0.05) is 0 Å². The first-order valence-corrected chi connectivity index (χ1v) is 7.98. The largest absolute Gasteiger partial charge is 0.459 e. The predicted molar refractivity (Wildman–Crippen MR) is 93.1 cm³/mol. The van der Waals surface area contributed by atoms with E-state index in [1.807, 2.05) is 0 Å². The Bertz CT molecular complexity index is 1150. The minimum Gasteiger partial charge on any atom is -0.459 e. The van der Waals surface area contributed by atoms with E-state index in [1.165, 1.54) is 6.20 Å². The molecule has 0 bridgehead atoms. The van der Waals surface area contributed by atoms with E-state index in [4.69, 9.17) is 9.52 Å². The molecule has 3 aromatic heterocycles.